The van der Waals surface area contributed by atoms with Crippen molar-refractivity contribution in [3.63, 3.8) is 0 Å². The highest BCUT2D eigenvalue weighted by Crippen LogP contribution is 2.34. The van der Waals surface area contributed by atoms with Gasteiger partial charge in [-0.05, 0) is 42.7 Å². The van der Waals surface area contributed by atoms with Crippen LogP contribution in [0.1, 0.15) is 67.8 Å². The fourth-order valence-corrected chi connectivity index (χ4v) is 3.50. The molecule has 2 aromatic rings. The van der Waals surface area contributed by atoms with Gasteiger partial charge in [0, 0.05) is 17.9 Å². The van der Waals surface area contributed by atoms with Crippen molar-refractivity contribution in [2.75, 3.05) is 13.7 Å². The summed E-state index contributed by atoms with van der Waals surface area (Å²) in [5.74, 6) is 0.000844. The Morgan fingerprint density at radius 3 is 2.21 bits per heavy atom. The first kappa shape index (κ1) is 22.7. The molecule has 0 saturated carbocycles. The van der Waals surface area contributed by atoms with Gasteiger partial charge in [0.2, 0.25) is 0 Å². The number of esters is 1. The Kier molecular flexibility index (Phi) is 9.42. The smallest absolute Gasteiger partial charge is 0.309 e. The minimum Gasteiger partial charge on any atom is -0.497 e. The molecule has 0 bridgehead atoms. The van der Waals surface area contributed by atoms with Crippen LogP contribution in [0, 0.1) is 5.92 Å². The predicted molar refractivity (Wildman–Crippen MR) is 115 cm³/mol. The minimum atomic E-state index is -0.328. The number of rotatable bonds is 12. The highest BCUT2D eigenvalue weighted by atomic mass is 16.5. The van der Waals surface area contributed by atoms with Crippen LogP contribution in [0.3, 0.4) is 0 Å². The molecule has 2 aromatic carbocycles. The molecule has 2 atom stereocenters. The fourth-order valence-electron chi connectivity index (χ4n) is 3.50. The number of hydrogen-bond donors (Lipinski definition) is 0. The van der Waals surface area contributed by atoms with Crippen LogP contribution in [0.4, 0.5) is 0 Å². The zero-order valence-corrected chi connectivity index (χ0v) is 17.7. The van der Waals surface area contributed by atoms with Crippen LogP contribution in [0.5, 0.6) is 5.75 Å². The lowest BCUT2D eigenvalue weighted by molar-refractivity contribution is -0.149. The van der Waals surface area contributed by atoms with Gasteiger partial charge in [0.05, 0.1) is 19.6 Å². The molecule has 4 nitrogen and oxygen atoms in total. The van der Waals surface area contributed by atoms with E-state index in [0.29, 0.717) is 24.3 Å². The molecular formula is C25H32O4. The summed E-state index contributed by atoms with van der Waals surface area (Å²) in [6.07, 6.45) is 3.69. The fraction of sp³-hybridized carbons (Fsp3) is 0.440. The van der Waals surface area contributed by atoms with Gasteiger partial charge in [-0.3, -0.25) is 9.59 Å². The molecule has 0 aliphatic carbocycles. The van der Waals surface area contributed by atoms with Crippen LogP contribution in [0.25, 0.3) is 0 Å². The second-order valence-corrected chi connectivity index (χ2v) is 7.29. The average molecular weight is 397 g/mol. The van der Waals surface area contributed by atoms with Gasteiger partial charge in [-0.25, -0.2) is 0 Å². The first-order valence-electron chi connectivity index (χ1n) is 10.5. The number of ketones is 1. The Labute approximate surface area is 174 Å². The first-order chi connectivity index (χ1) is 14.1. The molecule has 0 aromatic heterocycles. The Morgan fingerprint density at radius 2 is 1.62 bits per heavy atom. The third kappa shape index (κ3) is 6.74. The Bertz CT molecular complexity index is 752. The second kappa shape index (κ2) is 12.1. The van der Waals surface area contributed by atoms with E-state index in [1.165, 1.54) is 0 Å². The van der Waals surface area contributed by atoms with Crippen molar-refractivity contribution in [1.29, 1.82) is 0 Å². The van der Waals surface area contributed by atoms with Crippen molar-refractivity contribution in [2.24, 2.45) is 5.92 Å². The molecule has 0 N–H and O–H groups in total. The molecule has 1 unspecified atom stereocenters. The minimum absolute atomic E-state index is 0.0197. The molecular weight excluding hydrogens is 364 g/mol. The molecule has 0 heterocycles. The van der Waals surface area contributed by atoms with Crippen molar-refractivity contribution < 1.29 is 19.1 Å². The number of Topliss-reactive ketones (excluding diaryl/α,β-unsaturated/α-hetero) is 1. The summed E-state index contributed by atoms with van der Waals surface area (Å²) >= 11 is 0. The number of hydrogen-bond acceptors (Lipinski definition) is 4. The average Bonchev–Trinajstić information content (AvgIpc) is 2.77. The normalized spacial score (nSPS) is 12.8. The Hall–Kier alpha value is -2.62. The van der Waals surface area contributed by atoms with Crippen molar-refractivity contribution in [2.45, 2.75) is 51.9 Å². The number of carbonyl (C=O) groups is 2. The SMILES string of the molecule is CCCCC(C(=O)OCCC)[C@H](CC(=O)c1ccc(OC)cc1)c1ccccc1. The molecule has 0 amide bonds. The highest BCUT2D eigenvalue weighted by Gasteiger charge is 2.32. The largest absolute Gasteiger partial charge is 0.497 e. The molecule has 29 heavy (non-hydrogen) atoms. The van der Waals surface area contributed by atoms with E-state index >= 15 is 0 Å². The van der Waals surface area contributed by atoms with Crippen molar-refractivity contribution in [3.05, 3.63) is 65.7 Å². The molecule has 4 heteroatoms. The van der Waals surface area contributed by atoms with Gasteiger partial charge in [0.25, 0.3) is 0 Å². The molecule has 2 rings (SSSR count). The van der Waals surface area contributed by atoms with Gasteiger partial charge in [0.15, 0.2) is 5.78 Å². The number of unbranched alkanes of at least 4 members (excludes halogenated alkanes) is 1. The topological polar surface area (TPSA) is 52.6 Å². The van der Waals surface area contributed by atoms with Gasteiger partial charge >= 0.3 is 5.97 Å². The van der Waals surface area contributed by atoms with Gasteiger partial charge in [0.1, 0.15) is 5.75 Å². The summed E-state index contributed by atoms with van der Waals surface area (Å²) in [5.41, 5.74) is 1.63. The standard InChI is InChI=1S/C25H32O4/c1-4-6-12-22(25(27)29-17-5-2)23(19-10-8-7-9-11-19)18-24(26)20-13-15-21(28-3)16-14-20/h7-11,13-16,22-23H,4-6,12,17-18H2,1-3H3/t22?,23-/m1/s1. The zero-order chi connectivity index (χ0) is 21.1. The summed E-state index contributed by atoms with van der Waals surface area (Å²) in [5, 5.41) is 0. The van der Waals surface area contributed by atoms with E-state index in [2.05, 4.69) is 6.92 Å². The molecule has 156 valence electrons. The summed E-state index contributed by atoms with van der Waals surface area (Å²) < 4.78 is 10.7. The van der Waals surface area contributed by atoms with Gasteiger partial charge in [-0.1, -0.05) is 57.0 Å². The zero-order valence-electron chi connectivity index (χ0n) is 17.7. The summed E-state index contributed by atoms with van der Waals surface area (Å²) in [4.78, 5) is 25.9. The van der Waals surface area contributed by atoms with Crippen molar-refractivity contribution in [3.8, 4) is 5.75 Å². The number of benzene rings is 2. The van der Waals surface area contributed by atoms with Crippen molar-refractivity contribution in [1.82, 2.24) is 0 Å². The summed E-state index contributed by atoms with van der Waals surface area (Å²) in [6, 6.07) is 17.0. The van der Waals surface area contributed by atoms with E-state index < -0.39 is 0 Å². The van der Waals surface area contributed by atoms with Crippen LogP contribution >= 0.6 is 0 Å². The van der Waals surface area contributed by atoms with E-state index in [9.17, 15) is 9.59 Å². The molecule has 0 spiro atoms. The molecule has 0 aliphatic rings. The summed E-state index contributed by atoms with van der Waals surface area (Å²) in [7, 11) is 1.60. The third-order valence-electron chi connectivity index (χ3n) is 5.15. The predicted octanol–water partition coefficient (Wildman–Crippen LogP) is 5.81. The van der Waals surface area contributed by atoms with Crippen LogP contribution in [0.15, 0.2) is 54.6 Å². The Balaban J connectivity index is 2.30. The number of ether oxygens (including phenoxy) is 2. The van der Waals surface area contributed by atoms with Gasteiger partial charge in [-0.2, -0.15) is 0 Å². The number of methoxy groups -OCH3 is 1. The number of carbonyl (C=O) groups excluding carboxylic acids is 2. The van der Waals surface area contributed by atoms with Crippen LogP contribution in [0.2, 0.25) is 0 Å². The maximum Gasteiger partial charge on any atom is 0.309 e. The highest BCUT2D eigenvalue weighted by molar-refractivity contribution is 5.97. The molecule has 0 aliphatic heterocycles. The van der Waals surface area contributed by atoms with E-state index in [-0.39, 0.29) is 30.0 Å². The molecule has 0 radical (unpaired) electrons. The Morgan fingerprint density at radius 1 is 0.931 bits per heavy atom. The lowest BCUT2D eigenvalue weighted by Crippen LogP contribution is -2.27. The maximum atomic E-state index is 13.0. The summed E-state index contributed by atoms with van der Waals surface area (Å²) in [6.45, 7) is 4.50. The lowest BCUT2D eigenvalue weighted by Gasteiger charge is -2.26. The van der Waals surface area contributed by atoms with Gasteiger partial charge < -0.3 is 9.47 Å². The third-order valence-corrected chi connectivity index (χ3v) is 5.15. The van der Waals surface area contributed by atoms with Crippen molar-refractivity contribution >= 4 is 11.8 Å². The molecule has 0 saturated heterocycles. The van der Waals surface area contributed by atoms with E-state index in [1.807, 2.05) is 37.3 Å². The van der Waals surface area contributed by atoms with E-state index in [1.54, 1.807) is 31.4 Å². The monoisotopic (exact) mass is 396 g/mol. The maximum absolute atomic E-state index is 13.0. The van der Waals surface area contributed by atoms with Crippen LogP contribution in [-0.2, 0) is 9.53 Å². The molecule has 0 fully saturated rings. The lowest BCUT2D eigenvalue weighted by atomic mass is 9.79. The van der Waals surface area contributed by atoms with Gasteiger partial charge in [-0.15, -0.1) is 0 Å². The van der Waals surface area contributed by atoms with Crippen LogP contribution < -0.4 is 4.74 Å². The van der Waals surface area contributed by atoms with E-state index in [0.717, 1.165) is 24.8 Å². The van der Waals surface area contributed by atoms with E-state index in [4.69, 9.17) is 9.47 Å². The second-order valence-electron chi connectivity index (χ2n) is 7.29. The first-order valence-corrected chi connectivity index (χ1v) is 10.5. The quantitative estimate of drug-likeness (QED) is 0.335. The van der Waals surface area contributed by atoms with Crippen LogP contribution in [-0.4, -0.2) is 25.5 Å².